The van der Waals surface area contributed by atoms with Gasteiger partial charge in [-0.2, -0.15) is 5.26 Å². The smallest absolute Gasteiger partial charge is 0.225 e. The second-order valence-electron chi connectivity index (χ2n) is 6.18. The molecule has 0 spiro atoms. The first kappa shape index (κ1) is 15.6. The highest BCUT2D eigenvalue weighted by atomic mass is 16.1. The van der Waals surface area contributed by atoms with Crippen molar-refractivity contribution in [3.8, 4) is 6.07 Å². The number of hydrogen-bond donors (Lipinski definition) is 1. The van der Waals surface area contributed by atoms with Crippen molar-refractivity contribution in [2.45, 2.75) is 63.8 Å². The van der Waals surface area contributed by atoms with Crippen LogP contribution in [-0.4, -0.2) is 11.4 Å². The summed E-state index contributed by atoms with van der Waals surface area (Å²) < 4.78 is 0. The van der Waals surface area contributed by atoms with Crippen molar-refractivity contribution in [1.29, 1.82) is 5.26 Å². The van der Waals surface area contributed by atoms with Crippen molar-refractivity contribution in [3.63, 3.8) is 0 Å². The number of rotatable bonds is 3. The first-order chi connectivity index (χ1) is 10.1. The molecule has 1 aromatic rings. The standard InChI is InChI=1S/C18H24N2O/c1-15-8-7-9-16(12-15)13-17(21)20-18(14-19)10-5-3-2-4-6-11-18/h7-9,12H,2-6,10-11,13H2,1H3,(H,20,21). The second-order valence-corrected chi connectivity index (χ2v) is 6.18. The van der Waals surface area contributed by atoms with Crippen LogP contribution in [0.25, 0.3) is 0 Å². The lowest BCUT2D eigenvalue weighted by Gasteiger charge is -2.29. The molecule has 21 heavy (non-hydrogen) atoms. The van der Waals surface area contributed by atoms with Gasteiger partial charge in [0.2, 0.25) is 5.91 Å². The molecule has 1 aliphatic rings. The van der Waals surface area contributed by atoms with Crippen LogP contribution in [-0.2, 0) is 11.2 Å². The molecule has 3 nitrogen and oxygen atoms in total. The molecule has 0 aromatic heterocycles. The summed E-state index contributed by atoms with van der Waals surface area (Å²) in [6.45, 7) is 2.02. The van der Waals surface area contributed by atoms with Gasteiger partial charge >= 0.3 is 0 Å². The van der Waals surface area contributed by atoms with Gasteiger partial charge in [0, 0.05) is 0 Å². The summed E-state index contributed by atoms with van der Waals surface area (Å²) in [4.78, 5) is 12.3. The van der Waals surface area contributed by atoms with E-state index in [9.17, 15) is 10.1 Å². The lowest BCUT2D eigenvalue weighted by Crippen LogP contribution is -2.48. The minimum Gasteiger partial charge on any atom is -0.338 e. The van der Waals surface area contributed by atoms with Gasteiger partial charge in [0.15, 0.2) is 0 Å². The maximum absolute atomic E-state index is 12.3. The van der Waals surface area contributed by atoms with Crippen LogP contribution in [0.5, 0.6) is 0 Å². The minimum absolute atomic E-state index is 0.0391. The predicted octanol–water partition coefficient (Wildman–Crippen LogP) is 3.66. The van der Waals surface area contributed by atoms with E-state index in [-0.39, 0.29) is 5.91 Å². The highest BCUT2D eigenvalue weighted by molar-refractivity contribution is 5.79. The van der Waals surface area contributed by atoms with E-state index in [0.29, 0.717) is 6.42 Å². The Morgan fingerprint density at radius 1 is 1.24 bits per heavy atom. The van der Waals surface area contributed by atoms with Gasteiger partial charge in [-0.25, -0.2) is 0 Å². The largest absolute Gasteiger partial charge is 0.338 e. The van der Waals surface area contributed by atoms with E-state index in [1.54, 1.807) is 0 Å². The van der Waals surface area contributed by atoms with E-state index < -0.39 is 5.54 Å². The Bertz CT molecular complexity index is 522. The average Bonchev–Trinajstić information content (AvgIpc) is 2.42. The van der Waals surface area contributed by atoms with Gasteiger partial charge in [0.1, 0.15) is 5.54 Å². The normalized spacial score (nSPS) is 18.1. The van der Waals surface area contributed by atoms with Crippen molar-refractivity contribution >= 4 is 5.91 Å². The number of nitrogens with one attached hydrogen (secondary N) is 1. The maximum atomic E-state index is 12.3. The Balaban J connectivity index is 2.00. The van der Waals surface area contributed by atoms with Crippen molar-refractivity contribution in [3.05, 3.63) is 35.4 Å². The molecule has 1 amide bonds. The second kappa shape index (κ2) is 7.26. The topological polar surface area (TPSA) is 52.9 Å². The summed E-state index contributed by atoms with van der Waals surface area (Å²) in [7, 11) is 0. The molecular formula is C18H24N2O. The average molecular weight is 284 g/mol. The van der Waals surface area contributed by atoms with Crippen LogP contribution in [0.15, 0.2) is 24.3 Å². The summed E-state index contributed by atoms with van der Waals surface area (Å²) in [6.07, 6.45) is 7.54. The number of nitrogens with zero attached hydrogens (tertiary/aromatic N) is 1. The van der Waals surface area contributed by atoms with Gasteiger partial charge in [-0.05, 0) is 25.3 Å². The fourth-order valence-corrected chi connectivity index (χ4v) is 3.09. The Hall–Kier alpha value is -1.82. The van der Waals surface area contributed by atoms with Crippen LogP contribution in [0.4, 0.5) is 0 Å². The third-order valence-corrected chi connectivity index (χ3v) is 4.25. The molecule has 0 radical (unpaired) electrons. The highest BCUT2D eigenvalue weighted by Crippen LogP contribution is 2.26. The molecule has 3 heteroatoms. The van der Waals surface area contributed by atoms with Gasteiger partial charge in [0.25, 0.3) is 0 Å². The summed E-state index contributed by atoms with van der Waals surface area (Å²) in [6, 6.07) is 10.4. The Kier molecular flexibility index (Phi) is 5.38. The van der Waals surface area contributed by atoms with Crippen molar-refractivity contribution in [2.24, 2.45) is 0 Å². The molecule has 1 N–H and O–H groups in total. The van der Waals surface area contributed by atoms with Crippen LogP contribution in [0.1, 0.15) is 56.1 Å². The third-order valence-electron chi connectivity index (χ3n) is 4.25. The van der Waals surface area contributed by atoms with E-state index >= 15 is 0 Å². The van der Waals surface area contributed by atoms with Gasteiger partial charge in [-0.15, -0.1) is 0 Å². The van der Waals surface area contributed by atoms with Gasteiger partial charge in [-0.3, -0.25) is 4.79 Å². The molecule has 1 fully saturated rings. The van der Waals surface area contributed by atoms with Crippen LogP contribution in [0.3, 0.4) is 0 Å². The summed E-state index contributed by atoms with van der Waals surface area (Å²) in [5.41, 5.74) is 1.51. The van der Waals surface area contributed by atoms with E-state index in [4.69, 9.17) is 0 Å². The van der Waals surface area contributed by atoms with Crippen molar-refractivity contribution in [2.75, 3.05) is 0 Å². The monoisotopic (exact) mass is 284 g/mol. The van der Waals surface area contributed by atoms with E-state index in [1.807, 2.05) is 31.2 Å². The van der Waals surface area contributed by atoms with E-state index in [2.05, 4.69) is 11.4 Å². The summed E-state index contributed by atoms with van der Waals surface area (Å²) in [5.74, 6) is -0.0391. The molecule has 0 heterocycles. The van der Waals surface area contributed by atoms with E-state index in [0.717, 1.165) is 49.7 Å². The van der Waals surface area contributed by atoms with Crippen LogP contribution in [0, 0.1) is 18.3 Å². The fourth-order valence-electron chi connectivity index (χ4n) is 3.09. The van der Waals surface area contributed by atoms with E-state index in [1.165, 1.54) is 6.42 Å². The number of carbonyl (C=O) groups is 1. The molecule has 1 aromatic carbocycles. The zero-order chi connectivity index (χ0) is 15.1. The quantitative estimate of drug-likeness (QED) is 0.921. The number of amides is 1. The highest BCUT2D eigenvalue weighted by Gasteiger charge is 2.31. The van der Waals surface area contributed by atoms with Crippen LogP contribution < -0.4 is 5.32 Å². The SMILES string of the molecule is Cc1cccc(CC(=O)NC2(C#N)CCCCCCC2)c1. The fraction of sp³-hybridized carbons (Fsp3) is 0.556. The Labute approximate surface area is 127 Å². The van der Waals surface area contributed by atoms with Crippen LogP contribution >= 0.6 is 0 Å². The predicted molar refractivity (Wildman–Crippen MR) is 83.7 cm³/mol. The first-order valence-corrected chi connectivity index (χ1v) is 7.91. The molecule has 0 saturated heterocycles. The number of nitriles is 1. The molecule has 0 bridgehead atoms. The van der Waals surface area contributed by atoms with Crippen LogP contribution in [0.2, 0.25) is 0 Å². The zero-order valence-corrected chi connectivity index (χ0v) is 12.8. The Morgan fingerprint density at radius 2 is 1.90 bits per heavy atom. The molecular weight excluding hydrogens is 260 g/mol. The molecule has 112 valence electrons. The first-order valence-electron chi connectivity index (χ1n) is 7.91. The molecule has 0 aliphatic heterocycles. The Morgan fingerprint density at radius 3 is 2.52 bits per heavy atom. The lowest BCUT2D eigenvalue weighted by molar-refractivity contribution is -0.122. The molecule has 0 atom stereocenters. The molecule has 1 saturated carbocycles. The van der Waals surface area contributed by atoms with Crippen molar-refractivity contribution < 1.29 is 4.79 Å². The van der Waals surface area contributed by atoms with Gasteiger partial charge in [0.05, 0.1) is 12.5 Å². The maximum Gasteiger partial charge on any atom is 0.225 e. The van der Waals surface area contributed by atoms with Gasteiger partial charge < -0.3 is 5.32 Å². The molecule has 2 rings (SSSR count). The summed E-state index contributed by atoms with van der Waals surface area (Å²) in [5, 5.41) is 12.6. The minimum atomic E-state index is -0.651. The lowest BCUT2D eigenvalue weighted by atomic mass is 9.85. The zero-order valence-electron chi connectivity index (χ0n) is 12.8. The van der Waals surface area contributed by atoms with Gasteiger partial charge in [-0.1, -0.05) is 61.9 Å². The number of aryl methyl sites for hydroxylation is 1. The van der Waals surface area contributed by atoms with Crippen molar-refractivity contribution in [1.82, 2.24) is 5.32 Å². The molecule has 0 unspecified atom stereocenters. The number of benzene rings is 1. The molecule has 1 aliphatic carbocycles. The summed E-state index contributed by atoms with van der Waals surface area (Å²) >= 11 is 0. The number of hydrogen-bond acceptors (Lipinski definition) is 2. The third kappa shape index (κ3) is 4.60. The number of carbonyl (C=O) groups excluding carboxylic acids is 1.